The van der Waals surface area contributed by atoms with Gasteiger partial charge in [0.2, 0.25) is 5.91 Å². The molecular weight excluding hydrogens is 354 g/mol. The van der Waals surface area contributed by atoms with Crippen molar-refractivity contribution in [3.05, 3.63) is 35.9 Å². The first-order valence-electron chi connectivity index (χ1n) is 10.3. The lowest BCUT2D eigenvalue weighted by Crippen LogP contribution is -2.44. The Kier molecular flexibility index (Phi) is 9.05. The molecule has 5 heteroatoms. The summed E-state index contributed by atoms with van der Waals surface area (Å²) in [4.78, 5) is 26.8. The molecule has 1 saturated carbocycles. The SMILES string of the molecule is CCCOc1ccccc1/C=C/C(=O)N(CC(C)C(=O)OC)C1CCCCC1. The van der Waals surface area contributed by atoms with Gasteiger partial charge in [0.05, 0.1) is 19.6 Å². The van der Waals surface area contributed by atoms with Gasteiger partial charge in [0.15, 0.2) is 0 Å². The molecule has 0 radical (unpaired) electrons. The lowest BCUT2D eigenvalue weighted by atomic mass is 9.93. The first-order valence-corrected chi connectivity index (χ1v) is 10.3. The van der Waals surface area contributed by atoms with E-state index in [-0.39, 0.29) is 23.8 Å². The maximum atomic E-state index is 13.0. The molecule has 0 aliphatic heterocycles. The van der Waals surface area contributed by atoms with Crippen LogP contribution in [0.3, 0.4) is 0 Å². The van der Waals surface area contributed by atoms with Crippen molar-refractivity contribution >= 4 is 18.0 Å². The molecule has 0 N–H and O–H groups in total. The number of carbonyl (C=O) groups is 2. The van der Waals surface area contributed by atoms with Crippen LogP contribution in [0.15, 0.2) is 30.3 Å². The Morgan fingerprint density at radius 1 is 1.21 bits per heavy atom. The van der Waals surface area contributed by atoms with Gasteiger partial charge in [-0.1, -0.05) is 51.3 Å². The minimum Gasteiger partial charge on any atom is -0.493 e. The van der Waals surface area contributed by atoms with E-state index in [0.717, 1.165) is 43.4 Å². The zero-order chi connectivity index (χ0) is 20.4. The van der Waals surface area contributed by atoms with Gasteiger partial charge in [0.25, 0.3) is 0 Å². The predicted molar refractivity (Wildman–Crippen MR) is 111 cm³/mol. The first-order chi connectivity index (χ1) is 13.6. The number of carbonyl (C=O) groups excluding carboxylic acids is 2. The first kappa shape index (κ1) is 22.0. The maximum Gasteiger partial charge on any atom is 0.310 e. The number of rotatable bonds is 9. The number of hydrogen-bond acceptors (Lipinski definition) is 4. The minimum absolute atomic E-state index is 0.0621. The van der Waals surface area contributed by atoms with Gasteiger partial charge in [-0.25, -0.2) is 0 Å². The van der Waals surface area contributed by atoms with Gasteiger partial charge in [-0.2, -0.15) is 0 Å². The molecule has 1 atom stereocenters. The van der Waals surface area contributed by atoms with Crippen molar-refractivity contribution in [3.63, 3.8) is 0 Å². The van der Waals surface area contributed by atoms with E-state index in [1.807, 2.05) is 42.2 Å². The number of amides is 1. The van der Waals surface area contributed by atoms with Gasteiger partial charge in [-0.05, 0) is 31.4 Å². The molecule has 1 aromatic rings. The summed E-state index contributed by atoms with van der Waals surface area (Å²) >= 11 is 0. The van der Waals surface area contributed by atoms with Crippen molar-refractivity contribution in [2.24, 2.45) is 5.92 Å². The van der Waals surface area contributed by atoms with E-state index in [9.17, 15) is 9.59 Å². The van der Waals surface area contributed by atoms with Crippen molar-refractivity contribution in [1.29, 1.82) is 0 Å². The second-order valence-corrected chi connectivity index (χ2v) is 7.43. The second-order valence-electron chi connectivity index (χ2n) is 7.43. The van der Waals surface area contributed by atoms with Crippen LogP contribution in [-0.4, -0.2) is 43.1 Å². The van der Waals surface area contributed by atoms with E-state index in [0.29, 0.717) is 13.2 Å². The summed E-state index contributed by atoms with van der Waals surface area (Å²) in [5, 5.41) is 0. The maximum absolute atomic E-state index is 13.0. The summed E-state index contributed by atoms with van der Waals surface area (Å²) in [6.07, 6.45) is 9.78. The molecule has 0 aromatic heterocycles. The fourth-order valence-electron chi connectivity index (χ4n) is 3.60. The molecule has 1 aliphatic rings. The van der Waals surface area contributed by atoms with Crippen LogP contribution in [-0.2, 0) is 14.3 Å². The molecule has 0 bridgehead atoms. The normalized spacial score (nSPS) is 16.0. The quantitative estimate of drug-likeness (QED) is 0.464. The molecule has 28 heavy (non-hydrogen) atoms. The Bertz CT molecular complexity index is 664. The molecule has 1 aromatic carbocycles. The van der Waals surface area contributed by atoms with E-state index < -0.39 is 0 Å². The summed E-state index contributed by atoms with van der Waals surface area (Å²) in [6.45, 7) is 4.90. The monoisotopic (exact) mass is 387 g/mol. The Morgan fingerprint density at radius 3 is 2.61 bits per heavy atom. The molecular formula is C23H33NO4. The van der Waals surface area contributed by atoms with E-state index in [1.54, 1.807) is 6.08 Å². The molecule has 2 rings (SSSR count). The van der Waals surface area contributed by atoms with Crippen molar-refractivity contribution in [3.8, 4) is 5.75 Å². The third-order valence-electron chi connectivity index (χ3n) is 5.16. The van der Waals surface area contributed by atoms with Crippen LogP contribution >= 0.6 is 0 Å². The summed E-state index contributed by atoms with van der Waals surface area (Å²) in [5.74, 6) is 0.0915. The second kappa shape index (κ2) is 11.5. The third kappa shape index (κ3) is 6.39. The smallest absolute Gasteiger partial charge is 0.310 e. The largest absolute Gasteiger partial charge is 0.493 e. The Hall–Kier alpha value is -2.30. The lowest BCUT2D eigenvalue weighted by molar-refractivity contribution is -0.146. The van der Waals surface area contributed by atoms with Gasteiger partial charge in [0, 0.05) is 24.2 Å². The van der Waals surface area contributed by atoms with Crippen LogP contribution in [0.25, 0.3) is 6.08 Å². The number of para-hydroxylation sites is 1. The van der Waals surface area contributed by atoms with Crippen molar-refractivity contribution in [1.82, 2.24) is 4.90 Å². The molecule has 1 unspecified atom stereocenters. The van der Waals surface area contributed by atoms with E-state index in [4.69, 9.17) is 9.47 Å². The number of methoxy groups -OCH3 is 1. The van der Waals surface area contributed by atoms with Crippen LogP contribution in [0.5, 0.6) is 5.75 Å². The van der Waals surface area contributed by atoms with Gasteiger partial charge in [-0.15, -0.1) is 0 Å². The third-order valence-corrected chi connectivity index (χ3v) is 5.16. The number of hydrogen-bond donors (Lipinski definition) is 0. The number of esters is 1. The molecule has 1 amide bonds. The van der Waals surface area contributed by atoms with E-state index in [2.05, 4.69) is 6.92 Å². The minimum atomic E-state index is -0.343. The molecule has 1 aliphatic carbocycles. The molecule has 0 saturated heterocycles. The summed E-state index contributed by atoms with van der Waals surface area (Å²) in [5.41, 5.74) is 0.883. The van der Waals surface area contributed by atoms with Gasteiger partial charge < -0.3 is 14.4 Å². The molecule has 5 nitrogen and oxygen atoms in total. The molecule has 154 valence electrons. The highest BCUT2D eigenvalue weighted by Gasteiger charge is 2.27. The standard InChI is InChI=1S/C23H33NO4/c1-4-16-28-21-13-9-8-10-19(21)14-15-22(25)24(17-18(2)23(26)27-3)20-11-6-5-7-12-20/h8-10,13-15,18,20H,4-7,11-12,16-17H2,1-3H3/b15-14+. The van der Waals surface area contributed by atoms with E-state index >= 15 is 0 Å². The number of benzene rings is 1. The fourth-order valence-corrected chi connectivity index (χ4v) is 3.60. The number of nitrogens with zero attached hydrogens (tertiary/aromatic N) is 1. The zero-order valence-electron chi connectivity index (χ0n) is 17.4. The van der Waals surface area contributed by atoms with Crippen molar-refractivity contribution < 1.29 is 19.1 Å². The van der Waals surface area contributed by atoms with Crippen LogP contribution in [0.4, 0.5) is 0 Å². The predicted octanol–water partition coefficient (Wildman–Crippen LogP) is 4.46. The average Bonchev–Trinajstić information content (AvgIpc) is 2.74. The highest BCUT2D eigenvalue weighted by Crippen LogP contribution is 2.25. The summed E-state index contributed by atoms with van der Waals surface area (Å²) in [6, 6.07) is 7.90. The Labute approximate surface area is 168 Å². The topological polar surface area (TPSA) is 55.8 Å². The van der Waals surface area contributed by atoms with Gasteiger partial charge in [0.1, 0.15) is 5.75 Å². The fraction of sp³-hybridized carbons (Fsp3) is 0.565. The Balaban J connectivity index is 2.15. The van der Waals surface area contributed by atoms with Crippen LogP contribution in [0.1, 0.15) is 57.9 Å². The highest BCUT2D eigenvalue weighted by molar-refractivity contribution is 5.92. The van der Waals surface area contributed by atoms with Gasteiger partial charge >= 0.3 is 5.97 Å². The molecule has 0 heterocycles. The Morgan fingerprint density at radius 2 is 1.93 bits per heavy atom. The summed E-state index contributed by atoms with van der Waals surface area (Å²) in [7, 11) is 1.39. The van der Waals surface area contributed by atoms with E-state index in [1.165, 1.54) is 13.5 Å². The lowest BCUT2D eigenvalue weighted by Gasteiger charge is -2.35. The summed E-state index contributed by atoms with van der Waals surface area (Å²) < 4.78 is 10.6. The van der Waals surface area contributed by atoms with Crippen LogP contribution in [0, 0.1) is 5.92 Å². The molecule has 1 fully saturated rings. The zero-order valence-corrected chi connectivity index (χ0v) is 17.4. The average molecular weight is 388 g/mol. The van der Waals surface area contributed by atoms with Crippen molar-refractivity contribution in [2.45, 2.75) is 58.4 Å². The highest BCUT2D eigenvalue weighted by atomic mass is 16.5. The van der Waals surface area contributed by atoms with Crippen LogP contribution < -0.4 is 4.74 Å². The molecule has 0 spiro atoms. The van der Waals surface area contributed by atoms with Crippen molar-refractivity contribution in [2.75, 3.05) is 20.3 Å². The van der Waals surface area contributed by atoms with Gasteiger partial charge in [-0.3, -0.25) is 9.59 Å². The number of ether oxygens (including phenoxy) is 2. The van der Waals surface area contributed by atoms with Crippen LogP contribution in [0.2, 0.25) is 0 Å².